The Hall–Kier alpha value is -2.50. The molecular formula is C23H28N2O3. The van der Waals surface area contributed by atoms with Crippen molar-refractivity contribution in [1.29, 1.82) is 0 Å². The van der Waals surface area contributed by atoms with Gasteiger partial charge in [0.15, 0.2) is 0 Å². The molecule has 0 aliphatic carbocycles. The number of rotatable bonds is 6. The zero-order valence-corrected chi connectivity index (χ0v) is 16.4. The Morgan fingerprint density at radius 1 is 1.11 bits per heavy atom. The summed E-state index contributed by atoms with van der Waals surface area (Å²) in [7, 11) is 0. The summed E-state index contributed by atoms with van der Waals surface area (Å²) in [4.78, 5) is 4.70. The average Bonchev–Trinajstić information content (AvgIpc) is 3.07. The molecule has 28 heavy (non-hydrogen) atoms. The number of ether oxygens (including phenoxy) is 2. The molecule has 0 radical (unpaired) electrons. The first-order valence-corrected chi connectivity index (χ1v) is 9.90. The molecule has 5 nitrogen and oxygen atoms in total. The molecule has 1 saturated heterocycles. The maximum absolute atomic E-state index is 10.4. The first kappa shape index (κ1) is 18.8. The molecule has 1 fully saturated rings. The van der Waals surface area contributed by atoms with Crippen LogP contribution in [0.5, 0.6) is 11.5 Å². The Balaban J connectivity index is 1.22. The molecule has 2 aliphatic rings. The Morgan fingerprint density at radius 2 is 1.86 bits per heavy atom. The number of nitrogens with zero attached hydrogens (tertiary/aromatic N) is 2. The second-order valence-corrected chi connectivity index (χ2v) is 7.68. The molecule has 0 spiro atoms. The van der Waals surface area contributed by atoms with Crippen molar-refractivity contribution in [2.75, 3.05) is 44.2 Å². The van der Waals surface area contributed by atoms with Crippen LogP contribution in [0.4, 0.5) is 5.69 Å². The Labute approximate surface area is 166 Å². The predicted molar refractivity (Wildman–Crippen MR) is 111 cm³/mol. The highest BCUT2D eigenvalue weighted by Gasteiger charge is 2.20. The monoisotopic (exact) mass is 380 g/mol. The lowest BCUT2D eigenvalue weighted by atomic mass is 10.1. The van der Waals surface area contributed by atoms with Crippen molar-refractivity contribution in [1.82, 2.24) is 4.90 Å². The number of piperazine rings is 1. The van der Waals surface area contributed by atoms with E-state index >= 15 is 0 Å². The zero-order valence-electron chi connectivity index (χ0n) is 16.4. The number of fused-ring (bicyclic) bond motifs is 1. The summed E-state index contributed by atoms with van der Waals surface area (Å²) in [6.45, 7) is 10.7. The fraction of sp³-hybridized carbons (Fsp3) is 0.391. The van der Waals surface area contributed by atoms with Gasteiger partial charge in [0, 0.05) is 56.5 Å². The largest absolute Gasteiger partial charge is 0.491 e. The summed E-state index contributed by atoms with van der Waals surface area (Å²) in [6.07, 6.45) is 0.238. The highest BCUT2D eigenvalue weighted by atomic mass is 16.5. The minimum Gasteiger partial charge on any atom is -0.491 e. The summed E-state index contributed by atoms with van der Waals surface area (Å²) < 4.78 is 11.4. The van der Waals surface area contributed by atoms with Crippen LogP contribution in [-0.4, -0.2) is 55.4 Å². The van der Waals surface area contributed by atoms with Crippen molar-refractivity contribution in [3.8, 4) is 11.5 Å². The molecule has 0 bridgehead atoms. The number of anilines is 1. The lowest BCUT2D eigenvalue weighted by Gasteiger charge is -2.36. The number of hydrogen-bond donors (Lipinski definition) is 1. The summed E-state index contributed by atoms with van der Waals surface area (Å²) in [5.41, 5.74) is 3.69. The maximum atomic E-state index is 10.4. The second-order valence-electron chi connectivity index (χ2n) is 7.68. The molecular weight excluding hydrogens is 352 g/mol. The SMILES string of the molecule is C=C1Cc2ccc(OC[C@@H](O)CN3CCN(c4ccc(C)cc4)CC3)cc2O1. The van der Waals surface area contributed by atoms with Crippen LogP contribution in [0.25, 0.3) is 0 Å². The Bertz CT molecular complexity index is 826. The van der Waals surface area contributed by atoms with E-state index in [9.17, 15) is 5.11 Å². The number of aryl methyl sites for hydroxylation is 1. The molecule has 1 atom stereocenters. The summed E-state index contributed by atoms with van der Waals surface area (Å²) in [5, 5.41) is 10.4. The van der Waals surface area contributed by atoms with Gasteiger partial charge in [-0.3, -0.25) is 4.90 Å². The van der Waals surface area contributed by atoms with Crippen LogP contribution in [0, 0.1) is 6.92 Å². The van der Waals surface area contributed by atoms with Gasteiger partial charge in [-0.05, 0) is 25.1 Å². The van der Waals surface area contributed by atoms with Gasteiger partial charge in [-0.15, -0.1) is 0 Å². The second kappa shape index (κ2) is 8.25. The standard InChI is InChI=1S/C23H28N2O3/c1-17-3-6-20(7-4-17)25-11-9-24(10-12-25)15-21(26)16-27-22-8-5-19-13-18(2)28-23(19)14-22/h3-8,14,21,26H,2,9-13,15-16H2,1H3/t21-/m0/s1. The number of aliphatic hydroxyl groups is 1. The smallest absolute Gasteiger partial charge is 0.134 e. The Kier molecular flexibility index (Phi) is 5.55. The first-order valence-electron chi connectivity index (χ1n) is 9.90. The van der Waals surface area contributed by atoms with E-state index in [4.69, 9.17) is 9.47 Å². The molecule has 2 heterocycles. The summed E-state index contributed by atoms with van der Waals surface area (Å²) in [5.74, 6) is 2.29. The molecule has 4 rings (SSSR count). The molecule has 0 amide bonds. The predicted octanol–water partition coefficient (Wildman–Crippen LogP) is 3.01. The summed E-state index contributed by atoms with van der Waals surface area (Å²) in [6, 6.07) is 14.5. The lowest BCUT2D eigenvalue weighted by molar-refractivity contribution is 0.0662. The molecule has 0 aromatic heterocycles. The third kappa shape index (κ3) is 4.49. The van der Waals surface area contributed by atoms with E-state index in [1.165, 1.54) is 11.3 Å². The van der Waals surface area contributed by atoms with Gasteiger partial charge in [0.05, 0.1) is 0 Å². The van der Waals surface area contributed by atoms with Crippen LogP contribution in [0.15, 0.2) is 54.8 Å². The number of allylic oxidation sites excluding steroid dienone is 1. The molecule has 1 N–H and O–H groups in total. The van der Waals surface area contributed by atoms with Gasteiger partial charge in [-0.1, -0.05) is 30.3 Å². The third-order valence-corrected chi connectivity index (χ3v) is 5.36. The van der Waals surface area contributed by atoms with Crippen LogP contribution in [0.1, 0.15) is 11.1 Å². The normalized spacial score (nSPS) is 17.9. The number of benzene rings is 2. The van der Waals surface area contributed by atoms with Gasteiger partial charge in [0.2, 0.25) is 0 Å². The zero-order chi connectivity index (χ0) is 19.5. The van der Waals surface area contributed by atoms with Gasteiger partial charge < -0.3 is 19.5 Å². The van der Waals surface area contributed by atoms with Crippen LogP contribution in [0.3, 0.4) is 0 Å². The quantitative estimate of drug-likeness (QED) is 0.835. The average molecular weight is 380 g/mol. The molecule has 5 heteroatoms. The highest BCUT2D eigenvalue weighted by molar-refractivity contribution is 5.48. The van der Waals surface area contributed by atoms with Crippen molar-refractivity contribution in [3.63, 3.8) is 0 Å². The van der Waals surface area contributed by atoms with Crippen molar-refractivity contribution < 1.29 is 14.6 Å². The number of β-amino-alcohol motifs (C(OH)–C–C–N with tert-alkyl or cyclic N) is 1. The van der Waals surface area contributed by atoms with Gasteiger partial charge in [0.1, 0.15) is 30.0 Å². The lowest BCUT2D eigenvalue weighted by Crippen LogP contribution is -2.49. The van der Waals surface area contributed by atoms with E-state index in [1.54, 1.807) is 0 Å². The van der Waals surface area contributed by atoms with Crippen LogP contribution in [-0.2, 0) is 6.42 Å². The van der Waals surface area contributed by atoms with E-state index in [1.807, 2.05) is 18.2 Å². The molecule has 2 aromatic carbocycles. The van der Waals surface area contributed by atoms with E-state index in [0.29, 0.717) is 6.54 Å². The third-order valence-electron chi connectivity index (χ3n) is 5.36. The first-order chi connectivity index (χ1) is 13.6. The van der Waals surface area contributed by atoms with Crippen LogP contribution < -0.4 is 14.4 Å². The molecule has 0 unspecified atom stereocenters. The molecule has 2 aromatic rings. The van der Waals surface area contributed by atoms with Gasteiger partial charge in [-0.25, -0.2) is 0 Å². The molecule has 148 valence electrons. The minimum absolute atomic E-state index is 0.276. The summed E-state index contributed by atoms with van der Waals surface area (Å²) >= 11 is 0. The fourth-order valence-electron chi connectivity index (χ4n) is 3.76. The maximum Gasteiger partial charge on any atom is 0.134 e. The van der Waals surface area contributed by atoms with Crippen LogP contribution in [0.2, 0.25) is 0 Å². The van der Waals surface area contributed by atoms with Crippen molar-refractivity contribution >= 4 is 5.69 Å². The molecule has 2 aliphatic heterocycles. The van der Waals surface area contributed by atoms with Crippen molar-refractivity contribution in [2.24, 2.45) is 0 Å². The van der Waals surface area contributed by atoms with E-state index < -0.39 is 6.10 Å². The topological polar surface area (TPSA) is 45.2 Å². The number of hydrogen-bond acceptors (Lipinski definition) is 5. The van der Waals surface area contributed by atoms with Crippen molar-refractivity contribution in [2.45, 2.75) is 19.4 Å². The number of aliphatic hydroxyl groups excluding tert-OH is 1. The van der Waals surface area contributed by atoms with Crippen LogP contribution >= 0.6 is 0 Å². The highest BCUT2D eigenvalue weighted by Crippen LogP contribution is 2.33. The van der Waals surface area contributed by atoms with Gasteiger partial charge in [-0.2, -0.15) is 0 Å². The van der Waals surface area contributed by atoms with Gasteiger partial charge >= 0.3 is 0 Å². The minimum atomic E-state index is -0.518. The Morgan fingerprint density at radius 3 is 2.61 bits per heavy atom. The molecule has 0 saturated carbocycles. The van der Waals surface area contributed by atoms with E-state index in [-0.39, 0.29) is 6.61 Å². The van der Waals surface area contributed by atoms with Crippen molar-refractivity contribution in [3.05, 3.63) is 65.9 Å². The van der Waals surface area contributed by atoms with Gasteiger partial charge in [0.25, 0.3) is 0 Å². The van der Waals surface area contributed by atoms with E-state index in [2.05, 4.69) is 47.6 Å². The fourth-order valence-corrected chi connectivity index (χ4v) is 3.76. The van der Waals surface area contributed by atoms with E-state index in [0.717, 1.165) is 55.4 Å².